The van der Waals surface area contributed by atoms with Crippen molar-refractivity contribution in [2.75, 3.05) is 0 Å². The Morgan fingerprint density at radius 3 is 2.89 bits per heavy atom. The normalized spacial score (nSPS) is 22.9. The fraction of sp³-hybridized carbons (Fsp3) is 0.429. The average Bonchev–Trinajstić information content (AvgIpc) is 2.97. The zero-order chi connectivity index (χ0) is 13.4. The van der Waals surface area contributed by atoms with Gasteiger partial charge in [0.05, 0.1) is 0 Å². The zero-order valence-electron chi connectivity index (χ0n) is 10.8. The first-order valence-electron chi connectivity index (χ1n) is 6.49. The predicted octanol–water partition coefficient (Wildman–Crippen LogP) is 2.78. The molecule has 0 radical (unpaired) electrons. The van der Waals surface area contributed by atoms with Crippen molar-refractivity contribution in [2.45, 2.75) is 38.1 Å². The van der Waals surface area contributed by atoms with Crippen molar-refractivity contribution in [1.29, 1.82) is 0 Å². The topological polar surface area (TPSA) is 64.9 Å². The van der Waals surface area contributed by atoms with Gasteiger partial charge in [-0.1, -0.05) is 5.16 Å². The second-order valence-electron chi connectivity index (χ2n) is 5.19. The maximum Gasteiger partial charge on any atom is 0.230 e. The Bertz CT molecular complexity index is 596. The van der Waals surface area contributed by atoms with Crippen LogP contribution < -0.4 is 5.73 Å². The lowest BCUT2D eigenvalue weighted by Crippen LogP contribution is -2.14. The van der Waals surface area contributed by atoms with E-state index in [-0.39, 0.29) is 17.8 Å². The lowest BCUT2D eigenvalue weighted by Gasteiger charge is -2.02. The number of aromatic nitrogens is 2. The Morgan fingerprint density at radius 2 is 2.21 bits per heavy atom. The molecule has 3 rings (SSSR count). The molecule has 1 aromatic heterocycles. The summed E-state index contributed by atoms with van der Waals surface area (Å²) in [5.41, 5.74) is 7.50. The van der Waals surface area contributed by atoms with Crippen LogP contribution in [0.4, 0.5) is 4.39 Å². The summed E-state index contributed by atoms with van der Waals surface area (Å²) in [5.74, 6) is 1.17. The second-order valence-corrected chi connectivity index (χ2v) is 5.19. The van der Waals surface area contributed by atoms with Crippen LogP contribution in [-0.2, 0) is 0 Å². The standard InChI is InChI=1S/C14H16FN3O/c1-8-6-10(15)3-5-12(8)13-17-14(19-18-13)9-2-4-11(16)7-9/h3,5-6,9,11H,2,4,7,16H2,1H3/t9-,11+/m1/s1. The van der Waals surface area contributed by atoms with Crippen molar-refractivity contribution in [3.05, 3.63) is 35.5 Å². The second kappa shape index (κ2) is 4.74. The molecule has 1 aliphatic carbocycles. The van der Waals surface area contributed by atoms with E-state index in [4.69, 9.17) is 10.3 Å². The molecule has 0 aliphatic heterocycles. The minimum absolute atomic E-state index is 0.230. The van der Waals surface area contributed by atoms with Crippen LogP contribution >= 0.6 is 0 Å². The zero-order valence-corrected chi connectivity index (χ0v) is 10.8. The summed E-state index contributed by atoms with van der Waals surface area (Å²) in [5, 5.41) is 4.00. The Morgan fingerprint density at radius 1 is 1.37 bits per heavy atom. The summed E-state index contributed by atoms with van der Waals surface area (Å²) in [7, 11) is 0. The molecule has 0 amide bonds. The van der Waals surface area contributed by atoms with Crippen LogP contribution in [0.3, 0.4) is 0 Å². The van der Waals surface area contributed by atoms with Crippen molar-refractivity contribution in [3.63, 3.8) is 0 Å². The summed E-state index contributed by atoms with van der Waals surface area (Å²) < 4.78 is 18.4. The van der Waals surface area contributed by atoms with E-state index in [2.05, 4.69) is 10.1 Å². The molecule has 4 nitrogen and oxygen atoms in total. The molecule has 1 heterocycles. The summed E-state index contributed by atoms with van der Waals surface area (Å²) in [6, 6.07) is 4.79. The predicted molar refractivity (Wildman–Crippen MR) is 69.0 cm³/mol. The van der Waals surface area contributed by atoms with Gasteiger partial charge in [-0.2, -0.15) is 4.98 Å². The molecular formula is C14H16FN3O. The molecule has 2 atom stereocenters. The van der Waals surface area contributed by atoms with E-state index in [9.17, 15) is 4.39 Å². The smallest absolute Gasteiger partial charge is 0.230 e. The van der Waals surface area contributed by atoms with Crippen LogP contribution in [0.2, 0.25) is 0 Å². The third-order valence-corrected chi connectivity index (χ3v) is 3.69. The fourth-order valence-corrected chi connectivity index (χ4v) is 2.63. The Hall–Kier alpha value is -1.75. The quantitative estimate of drug-likeness (QED) is 0.902. The van der Waals surface area contributed by atoms with E-state index in [0.717, 1.165) is 30.4 Å². The van der Waals surface area contributed by atoms with E-state index >= 15 is 0 Å². The molecule has 0 spiro atoms. The van der Waals surface area contributed by atoms with Gasteiger partial charge < -0.3 is 10.3 Å². The summed E-state index contributed by atoms with van der Waals surface area (Å²) in [6.07, 6.45) is 2.88. The number of hydrogen-bond donors (Lipinski definition) is 1. The van der Waals surface area contributed by atoms with Crippen LogP contribution in [-0.4, -0.2) is 16.2 Å². The minimum atomic E-state index is -0.258. The van der Waals surface area contributed by atoms with Gasteiger partial charge in [0.1, 0.15) is 5.82 Å². The highest BCUT2D eigenvalue weighted by molar-refractivity contribution is 5.59. The Balaban J connectivity index is 1.88. The first-order chi connectivity index (χ1) is 9.13. The molecule has 5 heteroatoms. The van der Waals surface area contributed by atoms with Crippen molar-refractivity contribution in [2.24, 2.45) is 5.73 Å². The molecular weight excluding hydrogens is 245 g/mol. The van der Waals surface area contributed by atoms with Crippen LogP contribution in [0, 0.1) is 12.7 Å². The van der Waals surface area contributed by atoms with Gasteiger partial charge in [0, 0.05) is 17.5 Å². The van der Waals surface area contributed by atoms with Crippen LogP contribution in [0.25, 0.3) is 11.4 Å². The lowest BCUT2D eigenvalue weighted by atomic mass is 10.1. The van der Waals surface area contributed by atoms with Crippen molar-refractivity contribution < 1.29 is 8.91 Å². The molecule has 0 unspecified atom stereocenters. The van der Waals surface area contributed by atoms with Gasteiger partial charge in [0.25, 0.3) is 0 Å². The third-order valence-electron chi connectivity index (χ3n) is 3.69. The molecule has 0 saturated heterocycles. The van der Waals surface area contributed by atoms with Crippen molar-refractivity contribution in [1.82, 2.24) is 10.1 Å². The van der Waals surface area contributed by atoms with Gasteiger partial charge in [0.15, 0.2) is 0 Å². The van der Waals surface area contributed by atoms with E-state index in [1.165, 1.54) is 12.1 Å². The van der Waals surface area contributed by atoms with E-state index in [1.807, 2.05) is 6.92 Å². The van der Waals surface area contributed by atoms with Gasteiger partial charge >= 0.3 is 0 Å². The highest BCUT2D eigenvalue weighted by Crippen LogP contribution is 2.33. The van der Waals surface area contributed by atoms with Crippen LogP contribution in [0.5, 0.6) is 0 Å². The first kappa shape index (κ1) is 12.3. The Labute approximate surface area is 110 Å². The number of hydrogen-bond acceptors (Lipinski definition) is 4. The average molecular weight is 261 g/mol. The number of rotatable bonds is 2. The third kappa shape index (κ3) is 2.38. The number of halogens is 1. The van der Waals surface area contributed by atoms with Crippen LogP contribution in [0.1, 0.15) is 36.6 Å². The molecule has 1 aromatic carbocycles. The van der Waals surface area contributed by atoms with Crippen LogP contribution in [0.15, 0.2) is 22.7 Å². The molecule has 1 saturated carbocycles. The number of aryl methyl sites for hydroxylation is 1. The monoisotopic (exact) mass is 261 g/mol. The maximum absolute atomic E-state index is 13.1. The highest BCUT2D eigenvalue weighted by atomic mass is 19.1. The molecule has 1 fully saturated rings. The van der Waals surface area contributed by atoms with Gasteiger partial charge in [0.2, 0.25) is 11.7 Å². The number of nitrogens with zero attached hydrogens (tertiary/aromatic N) is 2. The molecule has 100 valence electrons. The van der Waals surface area contributed by atoms with Gasteiger partial charge in [-0.25, -0.2) is 4.39 Å². The lowest BCUT2D eigenvalue weighted by molar-refractivity contribution is 0.353. The van der Waals surface area contributed by atoms with Crippen molar-refractivity contribution in [3.8, 4) is 11.4 Å². The molecule has 2 N–H and O–H groups in total. The first-order valence-corrected chi connectivity index (χ1v) is 6.49. The largest absolute Gasteiger partial charge is 0.339 e. The van der Waals surface area contributed by atoms with E-state index < -0.39 is 0 Å². The molecule has 2 aromatic rings. The summed E-state index contributed by atoms with van der Waals surface area (Å²) in [6.45, 7) is 1.83. The van der Waals surface area contributed by atoms with Gasteiger partial charge in [-0.3, -0.25) is 0 Å². The number of nitrogens with two attached hydrogens (primary N) is 1. The van der Waals surface area contributed by atoms with E-state index in [0.29, 0.717) is 11.7 Å². The van der Waals surface area contributed by atoms with Gasteiger partial charge in [-0.05, 0) is 49.9 Å². The minimum Gasteiger partial charge on any atom is -0.339 e. The molecule has 1 aliphatic rings. The SMILES string of the molecule is Cc1cc(F)ccc1-c1noc([C@@H]2CC[C@H](N)C2)n1. The van der Waals surface area contributed by atoms with E-state index in [1.54, 1.807) is 6.07 Å². The highest BCUT2D eigenvalue weighted by Gasteiger charge is 2.28. The summed E-state index contributed by atoms with van der Waals surface area (Å²) >= 11 is 0. The Kier molecular flexibility index (Phi) is 3.06. The fourth-order valence-electron chi connectivity index (χ4n) is 2.63. The van der Waals surface area contributed by atoms with Crippen molar-refractivity contribution >= 4 is 0 Å². The molecule has 19 heavy (non-hydrogen) atoms. The number of benzene rings is 1. The summed E-state index contributed by atoms with van der Waals surface area (Å²) in [4.78, 5) is 4.43. The maximum atomic E-state index is 13.1. The molecule has 0 bridgehead atoms. The van der Waals surface area contributed by atoms with Gasteiger partial charge in [-0.15, -0.1) is 0 Å².